The van der Waals surface area contributed by atoms with E-state index in [1.807, 2.05) is 0 Å². The van der Waals surface area contributed by atoms with Gasteiger partial charge in [0.25, 0.3) is 11.5 Å². The predicted molar refractivity (Wildman–Crippen MR) is 116 cm³/mol. The van der Waals surface area contributed by atoms with E-state index in [1.165, 1.54) is 41.5 Å². The number of aromatic nitrogens is 4. The normalized spacial score (nSPS) is 14.5. The number of nitrogens with one attached hydrogen (secondary N) is 2. The first kappa shape index (κ1) is 24.2. The van der Waals surface area contributed by atoms with Gasteiger partial charge >= 0.3 is 6.18 Å². The molecule has 2 N–H and O–H groups in total. The van der Waals surface area contributed by atoms with Crippen LogP contribution in [0.25, 0.3) is 16.9 Å². The number of alkyl halides is 3. The van der Waals surface area contributed by atoms with Crippen LogP contribution in [0.15, 0.2) is 47.5 Å². The Kier molecular flexibility index (Phi) is 6.45. The first-order valence-electron chi connectivity index (χ1n) is 9.58. The van der Waals surface area contributed by atoms with Gasteiger partial charge in [-0.25, -0.2) is 0 Å². The van der Waals surface area contributed by atoms with Gasteiger partial charge in [-0.3, -0.25) is 23.3 Å². The number of hydrogen-bond donors (Lipinski definition) is 2. The highest BCUT2D eigenvalue weighted by atomic mass is 32.2. The zero-order chi connectivity index (χ0) is 24.6. The Hall–Kier alpha value is -3.48. The van der Waals surface area contributed by atoms with Gasteiger partial charge in [-0.2, -0.15) is 28.1 Å². The Labute approximate surface area is 187 Å². The van der Waals surface area contributed by atoms with Gasteiger partial charge in [0.2, 0.25) is 0 Å². The molecule has 0 saturated carbocycles. The Morgan fingerprint density at radius 2 is 1.91 bits per heavy atom. The molecule has 2 atom stereocenters. The van der Waals surface area contributed by atoms with Crippen molar-refractivity contribution in [2.75, 3.05) is 12.0 Å². The monoisotopic (exact) mass is 482 g/mol. The third-order valence-corrected chi connectivity index (χ3v) is 5.68. The molecule has 0 bridgehead atoms. The van der Waals surface area contributed by atoms with Crippen molar-refractivity contribution in [3.63, 3.8) is 0 Å². The molecular formula is C20H21F3N6O3S. The summed E-state index contributed by atoms with van der Waals surface area (Å²) >= 11 is 0. The summed E-state index contributed by atoms with van der Waals surface area (Å²) < 4.78 is 60.3. The number of aryl methyl sites for hydroxylation is 1. The Morgan fingerprint density at radius 3 is 2.42 bits per heavy atom. The second-order valence-electron chi connectivity index (χ2n) is 7.65. The highest BCUT2D eigenvalue weighted by molar-refractivity contribution is 7.91. The van der Waals surface area contributed by atoms with Crippen molar-refractivity contribution in [1.29, 1.82) is 4.78 Å². The molecule has 0 saturated heterocycles. The second-order valence-corrected chi connectivity index (χ2v) is 10.00. The molecule has 176 valence electrons. The van der Waals surface area contributed by atoms with E-state index in [1.54, 1.807) is 14.0 Å². The van der Waals surface area contributed by atoms with Gasteiger partial charge in [0, 0.05) is 34.6 Å². The van der Waals surface area contributed by atoms with Crippen LogP contribution in [0.3, 0.4) is 0 Å². The fourth-order valence-corrected chi connectivity index (χ4v) is 4.18. The Morgan fingerprint density at radius 1 is 1.27 bits per heavy atom. The molecule has 3 aromatic rings. The standard InChI is InChI=1S/C20H21F3N6O3S/c1-12(11-33(3,24)32)26-18(30)16-8-17(13-4-6-14(7-5-13)20(21,22)23)27-29(19(16)31)15-9-25-28(2)10-15/h4-10,12,24H,11H2,1-3H3,(H,26,30)/t12-,33?/m0/s1. The van der Waals surface area contributed by atoms with Crippen LogP contribution in [0.1, 0.15) is 22.8 Å². The molecule has 1 unspecified atom stereocenters. The average Bonchev–Trinajstić information content (AvgIpc) is 3.12. The van der Waals surface area contributed by atoms with Gasteiger partial charge in [0.05, 0.1) is 29.4 Å². The van der Waals surface area contributed by atoms with Crippen LogP contribution in [-0.4, -0.2) is 47.7 Å². The lowest BCUT2D eigenvalue weighted by atomic mass is 10.1. The minimum absolute atomic E-state index is 0.0877. The summed E-state index contributed by atoms with van der Waals surface area (Å²) in [5.41, 5.74) is -1.34. The van der Waals surface area contributed by atoms with Gasteiger partial charge in [-0.05, 0) is 25.1 Å². The molecule has 0 radical (unpaired) electrons. The fourth-order valence-electron chi connectivity index (χ4n) is 3.14. The zero-order valence-electron chi connectivity index (χ0n) is 17.9. The lowest BCUT2D eigenvalue weighted by Crippen LogP contribution is -2.40. The molecule has 0 aliphatic rings. The average molecular weight is 482 g/mol. The molecule has 2 aromatic heterocycles. The van der Waals surface area contributed by atoms with Crippen molar-refractivity contribution in [2.45, 2.75) is 19.1 Å². The molecule has 0 aliphatic heterocycles. The minimum Gasteiger partial charge on any atom is -0.348 e. The predicted octanol–water partition coefficient (Wildman–Crippen LogP) is 2.45. The van der Waals surface area contributed by atoms with Gasteiger partial charge in [-0.1, -0.05) is 12.1 Å². The fraction of sp³-hybridized carbons (Fsp3) is 0.300. The summed E-state index contributed by atoms with van der Waals surface area (Å²) in [6, 6.07) is 4.67. The molecule has 0 fully saturated rings. The first-order valence-corrected chi connectivity index (χ1v) is 11.7. The number of benzene rings is 1. The van der Waals surface area contributed by atoms with Crippen molar-refractivity contribution >= 4 is 15.6 Å². The molecule has 13 heteroatoms. The molecule has 0 aliphatic carbocycles. The maximum Gasteiger partial charge on any atom is 0.416 e. The maximum atomic E-state index is 13.0. The van der Waals surface area contributed by atoms with E-state index in [0.717, 1.165) is 16.8 Å². The van der Waals surface area contributed by atoms with Gasteiger partial charge in [0.15, 0.2) is 0 Å². The number of amides is 1. The van der Waals surface area contributed by atoms with E-state index in [0.29, 0.717) is 0 Å². The summed E-state index contributed by atoms with van der Waals surface area (Å²) in [5, 5.41) is 10.7. The van der Waals surface area contributed by atoms with Crippen LogP contribution < -0.4 is 10.9 Å². The highest BCUT2D eigenvalue weighted by Gasteiger charge is 2.30. The number of carbonyl (C=O) groups is 1. The molecule has 1 amide bonds. The third kappa shape index (κ3) is 5.86. The van der Waals surface area contributed by atoms with E-state index in [4.69, 9.17) is 4.78 Å². The minimum atomic E-state index is -4.52. The van der Waals surface area contributed by atoms with Crippen molar-refractivity contribution in [3.8, 4) is 16.9 Å². The van der Waals surface area contributed by atoms with E-state index < -0.39 is 39.0 Å². The van der Waals surface area contributed by atoms with E-state index in [9.17, 15) is 27.0 Å². The lowest BCUT2D eigenvalue weighted by molar-refractivity contribution is -0.137. The number of nitrogens with zero attached hydrogens (tertiary/aromatic N) is 4. The highest BCUT2D eigenvalue weighted by Crippen LogP contribution is 2.30. The van der Waals surface area contributed by atoms with Crippen LogP contribution >= 0.6 is 0 Å². The Bertz CT molecular complexity index is 1340. The molecule has 33 heavy (non-hydrogen) atoms. The molecule has 2 heterocycles. The van der Waals surface area contributed by atoms with Crippen LogP contribution in [0.5, 0.6) is 0 Å². The molecular weight excluding hydrogens is 461 g/mol. The van der Waals surface area contributed by atoms with Crippen molar-refractivity contribution in [2.24, 2.45) is 7.05 Å². The van der Waals surface area contributed by atoms with Crippen molar-refractivity contribution in [1.82, 2.24) is 24.9 Å². The number of rotatable bonds is 6. The SMILES string of the molecule is C[C@@H](CS(C)(=N)=O)NC(=O)c1cc(-c2ccc(C(F)(F)F)cc2)nn(-c2cnn(C)c2)c1=O. The lowest BCUT2D eigenvalue weighted by Gasteiger charge is -2.15. The van der Waals surface area contributed by atoms with Crippen LogP contribution in [0.4, 0.5) is 13.2 Å². The molecule has 1 aromatic carbocycles. The van der Waals surface area contributed by atoms with Crippen LogP contribution in [0.2, 0.25) is 0 Å². The largest absolute Gasteiger partial charge is 0.416 e. The number of hydrogen-bond acceptors (Lipinski definition) is 6. The topological polar surface area (TPSA) is 123 Å². The summed E-state index contributed by atoms with van der Waals surface area (Å²) in [4.78, 5) is 25.9. The quantitative estimate of drug-likeness (QED) is 0.559. The van der Waals surface area contributed by atoms with Crippen molar-refractivity contribution in [3.05, 3.63) is 64.2 Å². The van der Waals surface area contributed by atoms with Crippen LogP contribution in [-0.2, 0) is 23.0 Å². The van der Waals surface area contributed by atoms with E-state index >= 15 is 0 Å². The Balaban J connectivity index is 2.09. The molecule has 3 rings (SSSR count). The van der Waals surface area contributed by atoms with Crippen LogP contribution in [0, 0.1) is 4.78 Å². The van der Waals surface area contributed by atoms with Gasteiger partial charge in [0.1, 0.15) is 11.3 Å². The van der Waals surface area contributed by atoms with Gasteiger partial charge < -0.3 is 5.32 Å². The number of halogens is 3. The zero-order valence-corrected chi connectivity index (χ0v) is 18.7. The van der Waals surface area contributed by atoms with Crippen molar-refractivity contribution < 1.29 is 22.2 Å². The van der Waals surface area contributed by atoms with Gasteiger partial charge in [-0.15, -0.1) is 0 Å². The van der Waals surface area contributed by atoms with E-state index in [2.05, 4.69) is 15.5 Å². The summed E-state index contributed by atoms with van der Waals surface area (Å²) in [7, 11) is -1.27. The van der Waals surface area contributed by atoms with E-state index in [-0.39, 0.29) is 28.3 Å². The second kappa shape index (κ2) is 8.81. The smallest absolute Gasteiger partial charge is 0.348 e. The summed E-state index contributed by atoms with van der Waals surface area (Å²) in [6.45, 7) is 1.55. The summed E-state index contributed by atoms with van der Waals surface area (Å²) in [6.07, 6.45) is -0.444. The molecule has 9 nitrogen and oxygen atoms in total. The number of carbonyl (C=O) groups excluding carboxylic acids is 1. The third-order valence-electron chi connectivity index (χ3n) is 4.55. The maximum absolute atomic E-state index is 13.0. The first-order chi connectivity index (χ1) is 15.2. The molecule has 0 spiro atoms. The summed E-state index contributed by atoms with van der Waals surface area (Å²) in [5.74, 6) is -0.906.